The molecule has 0 bridgehead atoms. The summed E-state index contributed by atoms with van der Waals surface area (Å²) in [6, 6.07) is 10.2. The number of hydrogen-bond acceptors (Lipinski definition) is 4. The van der Waals surface area contributed by atoms with Crippen molar-refractivity contribution in [2.45, 2.75) is 19.0 Å². The number of hydrogen-bond donors (Lipinski definition) is 2. The SMILES string of the molecule is Cn1cc([C@H]2CNC[C@@H]2C(=O)NCc2cnn(Cc3ccccc3)c2)cn1. The number of nitrogens with zero attached hydrogens (tertiary/aromatic N) is 4. The molecule has 0 unspecified atom stereocenters. The monoisotopic (exact) mass is 364 g/mol. The molecule has 0 saturated carbocycles. The summed E-state index contributed by atoms with van der Waals surface area (Å²) in [4.78, 5) is 12.7. The number of benzene rings is 1. The average molecular weight is 364 g/mol. The predicted octanol–water partition coefficient (Wildman–Crippen LogP) is 1.28. The van der Waals surface area contributed by atoms with Crippen LogP contribution >= 0.6 is 0 Å². The highest BCUT2D eigenvalue weighted by Crippen LogP contribution is 2.27. The zero-order valence-corrected chi connectivity index (χ0v) is 15.4. The molecule has 0 radical (unpaired) electrons. The maximum atomic E-state index is 12.7. The van der Waals surface area contributed by atoms with Gasteiger partial charge in [-0.2, -0.15) is 10.2 Å². The average Bonchev–Trinajstić information content (AvgIpc) is 3.41. The molecule has 2 atom stereocenters. The number of carbonyl (C=O) groups excluding carboxylic acids is 1. The molecule has 3 heterocycles. The van der Waals surface area contributed by atoms with Crippen molar-refractivity contribution in [3.63, 3.8) is 0 Å². The van der Waals surface area contributed by atoms with Gasteiger partial charge in [0.05, 0.1) is 24.9 Å². The number of amides is 1. The first-order valence-corrected chi connectivity index (χ1v) is 9.21. The van der Waals surface area contributed by atoms with Gasteiger partial charge >= 0.3 is 0 Å². The molecule has 2 aromatic heterocycles. The fraction of sp³-hybridized carbons (Fsp3) is 0.350. The van der Waals surface area contributed by atoms with Crippen molar-refractivity contribution in [1.29, 1.82) is 0 Å². The normalized spacial score (nSPS) is 19.3. The Kier molecular flexibility index (Phi) is 5.02. The summed E-state index contributed by atoms with van der Waals surface area (Å²) < 4.78 is 3.68. The highest BCUT2D eigenvalue weighted by molar-refractivity contribution is 5.80. The minimum atomic E-state index is -0.0754. The molecule has 1 amide bonds. The van der Waals surface area contributed by atoms with E-state index in [2.05, 4.69) is 33.0 Å². The zero-order valence-electron chi connectivity index (χ0n) is 15.4. The summed E-state index contributed by atoms with van der Waals surface area (Å²) in [5, 5.41) is 15.0. The minimum Gasteiger partial charge on any atom is -0.352 e. The van der Waals surface area contributed by atoms with Gasteiger partial charge in [0.1, 0.15) is 0 Å². The molecule has 4 rings (SSSR count). The van der Waals surface area contributed by atoms with Crippen LogP contribution in [0.1, 0.15) is 22.6 Å². The Bertz CT molecular complexity index is 900. The molecule has 140 valence electrons. The number of carbonyl (C=O) groups is 1. The van der Waals surface area contributed by atoms with Crippen LogP contribution in [0.4, 0.5) is 0 Å². The Morgan fingerprint density at radius 2 is 2.00 bits per heavy atom. The van der Waals surface area contributed by atoms with Gasteiger partial charge in [-0.05, 0) is 11.1 Å². The van der Waals surface area contributed by atoms with Crippen LogP contribution in [0.3, 0.4) is 0 Å². The van der Waals surface area contributed by atoms with Gasteiger partial charge in [-0.25, -0.2) is 0 Å². The van der Waals surface area contributed by atoms with Gasteiger partial charge in [-0.1, -0.05) is 30.3 Å². The van der Waals surface area contributed by atoms with E-state index in [1.807, 2.05) is 54.7 Å². The number of nitrogens with one attached hydrogen (secondary N) is 2. The van der Waals surface area contributed by atoms with Crippen LogP contribution in [0, 0.1) is 5.92 Å². The molecule has 1 aromatic carbocycles. The van der Waals surface area contributed by atoms with E-state index in [9.17, 15) is 4.79 Å². The molecule has 2 N–H and O–H groups in total. The summed E-state index contributed by atoms with van der Waals surface area (Å²) >= 11 is 0. The molecule has 1 aliphatic rings. The summed E-state index contributed by atoms with van der Waals surface area (Å²) in [7, 11) is 1.90. The lowest BCUT2D eigenvalue weighted by atomic mass is 9.90. The van der Waals surface area contributed by atoms with E-state index < -0.39 is 0 Å². The Labute approximate surface area is 158 Å². The third-order valence-corrected chi connectivity index (χ3v) is 5.04. The van der Waals surface area contributed by atoms with Crippen molar-refractivity contribution in [2.75, 3.05) is 13.1 Å². The van der Waals surface area contributed by atoms with Gasteiger partial charge in [0.25, 0.3) is 0 Å². The molecule has 1 saturated heterocycles. The lowest BCUT2D eigenvalue weighted by molar-refractivity contribution is -0.125. The maximum Gasteiger partial charge on any atom is 0.225 e. The first-order chi connectivity index (χ1) is 13.2. The van der Waals surface area contributed by atoms with Crippen molar-refractivity contribution < 1.29 is 4.79 Å². The number of aryl methyl sites for hydroxylation is 1. The van der Waals surface area contributed by atoms with Crippen molar-refractivity contribution in [3.05, 3.63) is 71.8 Å². The Hall–Kier alpha value is -2.93. The first-order valence-electron chi connectivity index (χ1n) is 9.21. The molecular weight excluding hydrogens is 340 g/mol. The van der Waals surface area contributed by atoms with E-state index in [1.165, 1.54) is 5.56 Å². The Balaban J connectivity index is 1.34. The molecule has 0 spiro atoms. The molecule has 7 nitrogen and oxygen atoms in total. The van der Waals surface area contributed by atoms with Crippen molar-refractivity contribution in [3.8, 4) is 0 Å². The van der Waals surface area contributed by atoms with Crippen LogP contribution in [0.15, 0.2) is 55.1 Å². The molecule has 1 fully saturated rings. The predicted molar refractivity (Wildman–Crippen MR) is 102 cm³/mol. The molecule has 3 aromatic rings. The van der Waals surface area contributed by atoms with Crippen LogP contribution in [-0.2, 0) is 24.9 Å². The third kappa shape index (κ3) is 4.09. The zero-order chi connectivity index (χ0) is 18.6. The van der Waals surface area contributed by atoms with E-state index in [4.69, 9.17) is 0 Å². The minimum absolute atomic E-state index is 0.0738. The van der Waals surface area contributed by atoms with Crippen molar-refractivity contribution in [1.82, 2.24) is 30.2 Å². The van der Waals surface area contributed by atoms with Crippen LogP contribution < -0.4 is 10.6 Å². The molecule has 0 aliphatic carbocycles. The van der Waals surface area contributed by atoms with Crippen LogP contribution in [0.2, 0.25) is 0 Å². The summed E-state index contributed by atoms with van der Waals surface area (Å²) in [6.07, 6.45) is 7.64. The van der Waals surface area contributed by atoms with E-state index in [0.29, 0.717) is 13.1 Å². The van der Waals surface area contributed by atoms with Gasteiger partial charge in [0.2, 0.25) is 5.91 Å². The van der Waals surface area contributed by atoms with Gasteiger partial charge < -0.3 is 10.6 Å². The fourth-order valence-corrected chi connectivity index (χ4v) is 3.61. The highest BCUT2D eigenvalue weighted by atomic mass is 16.1. The van der Waals surface area contributed by atoms with Crippen molar-refractivity contribution >= 4 is 5.91 Å². The van der Waals surface area contributed by atoms with E-state index in [-0.39, 0.29) is 17.7 Å². The quantitative estimate of drug-likeness (QED) is 0.691. The van der Waals surface area contributed by atoms with E-state index in [1.54, 1.807) is 4.68 Å². The highest BCUT2D eigenvalue weighted by Gasteiger charge is 2.34. The lowest BCUT2D eigenvalue weighted by Gasteiger charge is -2.16. The Morgan fingerprint density at radius 3 is 2.78 bits per heavy atom. The van der Waals surface area contributed by atoms with E-state index >= 15 is 0 Å². The lowest BCUT2D eigenvalue weighted by Crippen LogP contribution is -2.33. The van der Waals surface area contributed by atoms with Crippen LogP contribution in [0.5, 0.6) is 0 Å². The summed E-state index contributed by atoms with van der Waals surface area (Å²) in [5.41, 5.74) is 3.31. The second kappa shape index (κ2) is 7.75. The van der Waals surface area contributed by atoms with E-state index in [0.717, 1.165) is 24.2 Å². The Morgan fingerprint density at radius 1 is 1.15 bits per heavy atom. The van der Waals surface area contributed by atoms with Crippen LogP contribution in [-0.4, -0.2) is 38.6 Å². The molecule has 27 heavy (non-hydrogen) atoms. The van der Waals surface area contributed by atoms with Gasteiger partial charge in [0, 0.05) is 50.6 Å². The molecular formula is C20H24N6O. The fourth-order valence-electron chi connectivity index (χ4n) is 3.61. The molecule has 7 heteroatoms. The van der Waals surface area contributed by atoms with Gasteiger partial charge in [-0.3, -0.25) is 14.2 Å². The maximum absolute atomic E-state index is 12.7. The number of rotatable bonds is 6. The van der Waals surface area contributed by atoms with Crippen molar-refractivity contribution in [2.24, 2.45) is 13.0 Å². The third-order valence-electron chi connectivity index (χ3n) is 5.04. The van der Waals surface area contributed by atoms with Gasteiger partial charge in [-0.15, -0.1) is 0 Å². The van der Waals surface area contributed by atoms with Crippen LogP contribution in [0.25, 0.3) is 0 Å². The topological polar surface area (TPSA) is 76.8 Å². The van der Waals surface area contributed by atoms with Gasteiger partial charge in [0.15, 0.2) is 0 Å². The summed E-state index contributed by atoms with van der Waals surface area (Å²) in [6.45, 7) is 2.71. The standard InChI is InChI=1S/C20H24N6O/c1-25-14-17(9-23-25)18-10-21-11-19(18)20(27)22-7-16-8-24-26(13-16)12-15-5-3-2-4-6-15/h2-6,8-9,13-14,18-19,21H,7,10-12H2,1H3,(H,22,27)/t18-,19+/m1/s1. The second-order valence-electron chi connectivity index (χ2n) is 7.07. The number of aromatic nitrogens is 4. The summed E-state index contributed by atoms with van der Waals surface area (Å²) in [5.74, 6) is 0.165. The first kappa shape index (κ1) is 17.5. The largest absolute Gasteiger partial charge is 0.352 e. The second-order valence-corrected chi connectivity index (χ2v) is 7.07. The smallest absolute Gasteiger partial charge is 0.225 e. The molecule has 1 aliphatic heterocycles.